The Morgan fingerprint density at radius 2 is 2.20 bits per heavy atom. The second-order valence-electron chi connectivity index (χ2n) is 4.01. The predicted octanol–water partition coefficient (Wildman–Crippen LogP) is 2.92. The van der Waals surface area contributed by atoms with Gasteiger partial charge in [0, 0.05) is 10.6 Å². The zero-order chi connectivity index (χ0) is 14.5. The van der Waals surface area contributed by atoms with Crippen LogP contribution in [-0.2, 0) is 4.74 Å². The number of carbonyl (C=O) groups is 1. The van der Waals surface area contributed by atoms with Crippen molar-refractivity contribution in [2.75, 3.05) is 24.4 Å². The van der Waals surface area contributed by atoms with Crippen LogP contribution in [0.5, 0.6) is 0 Å². The number of nitrogens with one attached hydrogen (secondary N) is 1. The third-order valence-corrected chi connectivity index (χ3v) is 3.37. The molecule has 2 aromatic rings. The second-order valence-corrected chi connectivity index (χ2v) is 4.89. The van der Waals surface area contributed by atoms with Crippen molar-refractivity contribution < 1.29 is 9.53 Å². The van der Waals surface area contributed by atoms with E-state index in [4.69, 9.17) is 10.5 Å². The highest BCUT2D eigenvalue weighted by molar-refractivity contribution is 7.98. The van der Waals surface area contributed by atoms with Crippen LogP contribution in [0.4, 0.5) is 17.2 Å². The number of hydrogen-bond donors (Lipinski definition) is 2. The highest BCUT2D eigenvalue weighted by atomic mass is 32.2. The van der Waals surface area contributed by atoms with E-state index in [1.165, 1.54) is 13.3 Å². The van der Waals surface area contributed by atoms with Gasteiger partial charge >= 0.3 is 5.97 Å². The number of ether oxygens (including phenoxy) is 1. The van der Waals surface area contributed by atoms with Crippen molar-refractivity contribution in [3.63, 3.8) is 0 Å². The molecule has 0 fully saturated rings. The van der Waals surface area contributed by atoms with Crippen LogP contribution in [0.1, 0.15) is 10.4 Å². The summed E-state index contributed by atoms with van der Waals surface area (Å²) in [4.78, 5) is 17.0. The molecule has 1 aromatic carbocycles. The quantitative estimate of drug-likeness (QED) is 0.665. The molecular weight excluding hydrogens is 274 g/mol. The summed E-state index contributed by atoms with van der Waals surface area (Å²) in [6, 6.07) is 9.36. The summed E-state index contributed by atoms with van der Waals surface area (Å²) in [5.74, 6) is -0.0578. The summed E-state index contributed by atoms with van der Waals surface area (Å²) in [5, 5.41) is 3.11. The number of nitrogen functional groups attached to an aromatic ring is 1. The Labute approximate surface area is 121 Å². The summed E-state index contributed by atoms with van der Waals surface area (Å²) in [6.07, 6.45) is 3.49. The number of esters is 1. The van der Waals surface area contributed by atoms with Crippen LogP contribution in [0.2, 0.25) is 0 Å². The average Bonchev–Trinajstić information content (AvgIpc) is 2.48. The number of aromatic nitrogens is 1. The first-order valence-corrected chi connectivity index (χ1v) is 7.11. The minimum atomic E-state index is -0.478. The molecule has 0 spiro atoms. The highest BCUT2D eigenvalue weighted by Gasteiger charge is 2.14. The third kappa shape index (κ3) is 3.21. The third-order valence-electron chi connectivity index (χ3n) is 2.65. The SMILES string of the molecule is COC(=O)c1cc(N)cnc1Nc1cccc(SC)c1. The van der Waals surface area contributed by atoms with Crippen LogP contribution < -0.4 is 11.1 Å². The van der Waals surface area contributed by atoms with E-state index >= 15 is 0 Å². The maximum absolute atomic E-state index is 11.7. The van der Waals surface area contributed by atoms with Gasteiger partial charge in [0.15, 0.2) is 0 Å². The average molecular weight is 289 g/mol. The molecule has 1 heterocycles. The molecule has 0 radical (unpaired) electrons. The molecule has 1 aromatic heterocycles. The number of benzene rings is 1. The van der Waals surface area contributed by atoms with E-state index in [9.17, 15) is 4.79 Å². The lowest BCUT2D eigenvalue weighted by Gasteiger charge is -2.11. The van der Waals surface area contributed by atoms with E-state index in [0.717, 1.165) is 10.6 Å². The Morgan fingerprint density at radius 1 is 1.40 bits per heavy atom. The summed E-state index contributed by atoms with van der Waals surface area (Å²) in [7, 11) is 1.32. The molecule has 5 nitrogen and oxygen atoms in total. The van der Waals surface area contributed by atoms with Crippen LogP contribution in [0.3, 0.4) is 0 Å². The van der Waals surface area contributed by atoms with Crippen molar-refractivity contribution in [2.45, 2.75) is 4.90 Å². The predicted molar refractivity (Wildman–Crippen MR) is 81.5 cm³/mol. The number of thioether (sulfide) groups is 1. The van der Waals surface area contributed by atoms with Crippen LogP contribution in [-0.4, -0.2) is 24.3 Å². The molecular formula is C14H15N3O2S. The largest absolute Gasteiger partial charge is 0.465 e. The molecule has 3 N–H and O–H groups in total. The van der Waals surface area contributed by atoms with Gasteiger partial charge in [0.25, 0.3) is 0 Å². The zero-order valence-electron chi connectivity index (χ0n) is 11.2. The topological polar surface area (TPSA) is 77.2 Å². The number of pyridine rings is 1. The van der Waals surface area contributed by atoms with Gasteiger partial charge in [-0.2, -0.15) is 0 Å². The van der Waals surface area contributed by atoms with Crippen LogP contribution >= 0.6 is 11.8 Å². The van der Waals surface area contributed by atoms with Gasteiger partial charge < -0.3 is 15.8 Å². The van der Waals surface area contributed by atoms with Crippen molar-refractivity contribution in [1.82, 2.24) is 4.98 Å². The van der Waals surface area contributed by atoms with Crippen molar-refractivity contribution >= 4 is 34.9 Å². The molecule has 0 atom stereocenters. The van der Waals surface area contributed by atoms with Crippen molar-refractivity contribution in [1.29, 1.82) is 0 Å². The summed E-state index contributed by atoms with van der Waals surface area (Å²) in [5.41, 5.74) is 7.22. The maximum Gasteiger partial charge on any atom is 0.341 e. The molecule has 0 aliphatic rings. The maximum atomic E-state index is 11.7. The first kappa shape index (κ1) is 14.2. The van der Waals surface area contributed by atoms with Crippen LogP contribution in [0.15, 0.2) is 41.4 Å². The van der Waals surface area contributed by atoms with E-state index in [1.54, 1.807) is 17.8 Å². The first-order chi connectivity index (χ1) is 9.63. The van der Waals surface area contributed by atoms with E-state index in [1.807, 2.05) is 30.5 Å². The van der Waals surface area contributed by atoms with Crippen molar-refractivity contribution in [2.24, 2.45) is 0 Å². The lowest BCUT2D eigenvalue weighted by atomic mass is 10.2. The molecule has 20 heavy (non-hydrogen) atoms. The van der Waals surface area contributed by atoms with Gasteiger partial charge in [0.2, 0.25) is 0 Å². The molecule has 0 saturated heterocycles. The van der Waals surface area contributed by atoms with Gasteiger partial charge in [-0.05, 0) is 30.5 Å². The monoisotopic (exact) mass is 289 g/mol. The Hall–Kier alpha value is -2.21. The molecule has 0 unspecified atom stereocenters. The molecule has 0 saturated carbocycles. The lowest BCUT2D eigenvalue weighted by Crippen LogP contribution is -2.08. The summed E-state index contributed by atoms with van der Waals surface area (Å²) in [6.45, 7) is 0. The molecule has 104 valence electrons. The molecule has 0 aliphatic heterocycles. The number of anilines is 3. The van der Waals surface area contributed by atoms with Gasteiger partial charge in [0.1, 0.15) is 11.4 Å². The highest BCUT2D eigenvalue weighted by Crippen LogP contribution is 2.24. The number of carbonyl (C=O) groups excluding carboxylic acids is 1. The van der Waals surface area contributed by atoms with E-state index < -0.39 is 5.97 Å². The fraction of sp³-hybridized carbons (Fsp3) is 0.143. The van der Waals surface area contributed by atoms with E-state index in [0.29, 0.717) is 17.1 Å². The molecule has 0 bridgehead atoms. The second kappa shape index (κ2) is 6.29. The number of methoxy groups -OCH3 is 1. The van der Waals surface area contributed by atoms with Gasteiger partial charge in [-0.3, -0.25) is 0 Å². The summed E-state index contributed by atoms with van der Waals surface area (Å²) >= 11 is 1.64. The van der Waals surface area contributed by atoms with Crippen molar-refractivity contribution in [3.05, 3.63) is 42.1 Å². The van der Waals surface area contributed by atoms with E-state index in [-0.39, 0.29) is 0 Å². The molecule has 6 heteroatoms. The standard InChI is InChI=1S/C14H15N3O2S/c1-19-14(18)12-6-9(15)8-16-13(12)17-10-4-3-5-11(7-10)20-2/h3-8H,15H2,1-2H3,(H,16,17). The minimum Gasteiger partial charge on any atom is -0.465 e. The van der Waals surface area contributed by atoms with E-state index in [2.05, 4.69) is 10.3 Å². The Bertz CT molecular complexity index is 632. The molecule has 0 amide bonds. The fourth-order valence-corrected chi connectivity index (χ4v) is 2.14. The minimum absolute atomic E-state index is 0.307. The number of nitrogens with zero attached hydrogens (tertiary/aromatic N) is 1. The fourth-order valence-electron chi connectivity index (χ4n) is 1.68. The van der Waals surface area contributed by atoms with Crippen LogP contribution in [0.25, 0.3) is 0 Å². The van der Waals surface area contributed by atoms with Gasteiger partial charge in [-0.15, -0.1) is 11.8 Å². The Kier molecular flexibility index (Phi) is 4.47. The van der Waals surface area contributed by atoms with Crippen LogP contribution in [0, 0.1) is 0 Å². The Balaban J connectivity index is 2.35. The van der Waals surface area contributed by atoms with Gasteiger partial charge in [-0.25, -0.2) is 9.78 Å². The smallest absolute Gasteiger partial charge is 0.341 e. The van der Waals surface area contributed by atoms with Gasteiger partial charge in [0.05, 0.1) is 19.0 Å². The van der Waals surface area contributed by atoms with Crippen molar-refractivity contribution in [3.8, 4) is 0 Å². The number of hydrogen-bond acceptors (Lipinski definition) is 6. The number of nitrogens with two attached hydrogens (primary N) is 1. The summed E-state index contributed by atoms with van der Waals surface area (Å²) < 4.78 is 4.74. The molecule has 0 aliphatic carbocycles. The van der Waals surface area contributed by atoms with Gasteiger partial charge in [-0.1, -0.05) is 6.07 Å². The Morgan fingerprint density at radius 3 is 2.90 bits per heavy atom. The molecule has 2 rings (SSSR count). The normalized spacial score (nSPS) is 10.1. The first-order valence-electron chi connectivity index (χ1n) is 5.89. The lowest BCUT2D eigenvalue weighted by molar-refractivity contribution is 0.0601. The zero-order valence-corrected chi connectivity index (χ0v) is 12.0. The number of rotatable bonds is 4.